The zero-order valence-electron chi connectivity index (χ0n) is 14.1. The number of sulfonamides is 1. The molecule has 0 saturated heterocycles. The third-order valence-electron chi connectivity index (χ3n) is 4.44. The molecule has 0 bridgehead atoms. The molecule has 1 saturated carbocycles. The molecule has 0 unspecified atom stereocenters. The summed E-state index contributed by atoms with van der Waals surface area (Å²) < 4.78 is 29.5. The third-order valence-corrected chi connectivity index (χ3v) is 7.89. The van der Waals surface area contributed by atoms with Gasteiger partial charge in [0.1, 0.15) is 0 Å². The van der Waals surface area contributed by atoms with E-state index in [-0.39, 0.29) is 11.3 Å². The molecule has 2 aromatic rings. The van der Waals surface area contributed by atoms with Gasteiger partial charge in [-0.3, -0.25) is 0 Å². The van der Waals surface area contributed by atoms with Crippen molar-refractivity contribution in [3.8, 4) is 0 Å². The molecule has 1 N–H and O–H groups in total. The van der Waals surface area contributed by atoms with Crippen LogP contribution < -0.4 is 4.72 Å². The number of thioether (sulfide) groups is 1. The van der Waals surface area contributed by atoms with Crippen LogP contribution in [0.3, 0.4) is 0 Å². The van der Waals surface area contributed by atoms with Crippen LogP contribution >= 0.6 is 27.7 Å². The zero-order chi connectivity index (χ0) is 17.9. The molecular weight excluding hydrogens is 418 g/mol. The summed E-state index contributed by atoms with van der Waals surface area (Å²) in [5.41, 5.74) is 1.06. The number of nitrogens with one attached hydrogen (secondary N) is 1. The SMILES string of the molecule is Cc1ccc(S(=O)(=O)N[C@@H]2CCCC[C@H]2Sc2ccc(Br)cc2)cc1. The van der Waals surface area contributed by atoms with Gasteiger partial charge in [0.25, 0.3) is 0 Å². The van der Waals surface area contributed by atoms with Crippen LogP contribution in [0.2, 0.25) is 0 Å². The quantitative estimate of drug-likeness (QED) is 0.701. The summed E-state index contributed by atoms with van der Waals surface area (Å²) in [5.74, 6) is 0. The van der Waals surface area contributed by atoms with Crippen LogP contribution in [0.4, 0.5) is 0 Å². The second kappa shape index (κ2) is 8.25. The van der Waals surface area contributed by atoms with E-state index in [1.165, 1.54) is 4.90 Å². The van der Waals surface area contributed by atoms with E-state index in [2.05, 4.69) is 32.8 Å². The first-order valence-corrected chi connectivity index (χ1v) is 11.6. The number of aryl methyl sites for hydroxylation is 1. The van der Waals surface area contributed by atoms with E-state index >= 15 is 0 Å². The van der Waals surface area contributed by atoms with Gasteiger partial charge >= 0.3 is 0 Å². The monoisotopic (exact) mass is 439 g/mol. The highest BCUT2D eigenvalue weighted by molar-refractivity contribution is 9.10. The average Bonchev–Trinajstić information content (AvgIpc) is 2.59. The van der Waals surface area contributed by atoms with Gasteiger partial charge in [-0.05, 0) is 56.2 Å². The zero-order valence-corrected chi connectivity index (χ0v) is 17.3. The fourth-order valence-electron chi connectivity index (χ4n) is 3.05. The van der Waals surface area contributed by atoms with Crippen molar-refractivity contribution in [1.82, 2.24) is 4.72 Å². The molecule has 25 heavy (non-hydrogen) atoms. The summed E-state index contributed by atoms with van der Waals surface area (Å²) in [4.78, 5) is 1.52. The lowest BCUT2D eigenvalue weighted by Crippen LogP contribution is -2.43. The Hall–Kier alpha value is -0.820. The Morgan fingerprint density at radius 2 is 1.64 bits per heavy atom. The molecule has 6 heteroatoms. The average molecular weight is 440 g/mol. The van der Waals surface area contributed by atoms with E-state index in [0.29, 0.717) is 4.90 Å². The van der Waals surface area contributed by atoms with E-state index in [1.54, 1.807) is 23.9 Å². The summed E-state index contributed by atoms with van der Waals surface area (Å²) in [6.07, 6.45) is 4.14. The fourth-order valence-corrected chi connectivity index (χ4v) is 6.00. The summed E-state index contributed by atoms with van der Waals surface area (Å²) >= 11 is 5.22. The van der Waals surface area contributed by atoms with E-state index in [4.69, 9.17) is 0 Å². The predicted molar refractivity (Wildman–Crippen MR) is 108 cm³/mol. The van der Waals surface area contributed by atoms with Gasteiger partial charge < -0.3 is 0 Å². The van der Waals surface area contributed by atoms with E-state index in [1.807, 2.05) is 31.2 Å². The second-order valence-corrected chi connectivity index (χ2v) is 10.4. The fraction of sp³-hybridized carbons (Fsp3) is 0.368. The largest absolute Gasteiger partial charge is 0.240 e. The maximum atomic E-state index is 12.7. The van der Waals surface area contributed by atoms with Gasteiger partial charge in [-0.2, -0.15) is 0 Å². The summed E-state index contributed by atoms with van der Waals surface area (Å²) in [7, 11) is -3.48. The smallest absolute Gasteiger partial charge is 0.207 e. The van der Waals surface area contributed by atoms with Crippen molar-refractivity contribution < 1.29 is 8.42 Å². The van der Waals surface area contributed by atoms with Crippen molar-refractivity contribution >= 4 is 37.7 Å². The van der Waals surface area contributed by atoms with Gasteiger partial charge in [0.15, 0.2) is 0 Å². The minimum Gasteiger partial charge on any atom is -0.207 e. The standard InChI is InChI=1S/C19H22BrNO2S2/c1-14-6-12-17(13-7-14)25(22,23)21-18-4-2-3-5-19(18)24-16-10-8-15(20)9-11-16/h6-13,18-19,21H,2-5H2,1H3/t18-,19-/m1/s1. The van der Waals surface area contributed by atoms with Crippen LogP contribution in [0.5, 0.6) is 0 Å². The summed E-state index contributed by atoms with van der Waals surface area (Å²) in [6, 6.07) is 15.2. The van der Waals surface area contributed by atoms with Gasteiger partial charge in [-0.1, -0.05) is 46.5 Å². The minimum atomic E-state index is -3.48. The molecule has 0 aromatic heterocycles. The van der Waals surface area contributed by atoms with Gasteiger partial charge in [-0.25, -0.2) is 13.1 Å². The first-order valence-electron chi connectivity index (χ1n) is 8.45. The molecule has 1 fully saturated rings. The Morgan fingerprint density at radius 3 is 2.32 bits per heavy atom. The molecule has 134 valence electrons. The molecule has 0 radical (unpaired) electrons. The number of hydrogen-bond acceptors (Lipinski definition) is 3. The Balaban J connectivity index is 1.74. The van der Waals surface area contributed by atoms with Crippen LogP contribution in [0.15, 0.2) is 62.8 Å². The lowest BCUT2D eigenvalue weighted by atomic mass is 9.96. The first-order chi connectivity index (χ1) is 11.9. The molecule has 0 amide bonds. The maximum Gasteiger partial charge on any atom is 0.240 e. The van der Waals surface area contributed by atoms with Crippen molar-refractivity contribution in [3.05, 3.63) is 58.6 Å². The molecule has 0 spiro atoms. The second-order valence-electron chi connectivity index (χ2n) is 6.44. The third kappa shape index (κ3) is 5.09. The molecule has 0 aliphatic heterocycles. The first kappa shape index (κ1) is 19.0. The summed E-state index contributed by atoms with van der Waals surface area (Å²) in [5, 5.41) is 0.259. The van der Waals surface area contributed by atoms with Crippen LogP contribution in [-0.2, 0) is 10.0 Å². The van der Waals surface area contributed by atoms with Gasteiger partial charge in [-0.15, -0.1) is 11.8 Å². The van der Waals surface area contributed by atoms with Crippen LogP contribution in [0.1, 0.15) is 31.2 Å². The molecular formula is C19H22BrNO2S2. The number of benzene rings is 2. The molecule has 2 aromatic carbocycles. The van der Waals surface area contributed by atoms with Crippen molar-refractivity contribution in [2.75, 3.05) is 0 Å². The highest BCUT2D eigenvalue weighted by Crippen LogP contribution is 2.35. The molecule has 1 aliphatic carbocycles. The highest BCUT2D eigenvalue weighted by atomic mass is 79.9. The molecule has 3 rings (SSSR count). The van der Waals surface area contributed by atoms with Crippen LogP contribution in [-0.4, -0.2) is 19.7 Å². The summed E-state index contributed by atoms with van der Waals surface area (Å²) in [6.45, 7) is 1.95. The Morgan fingerprint density at radius 1 is 1.00 bits per heavy atom. The Bertz CT molecular complexity index is 804. The van der Waals surface area contributed by atoms with Crippen LogP contribution in [0, 0.1) is 6.92 Å². The van der Waals surface area contributed by atoms with E-state index < -0.39 is 10.0 Å². The minimum absolute atomic E-state index is 0.0336. The lowest BCUT2D eigenvalue weighted by molar-refractivity contribution is 0.423. The number of halogens is 1. The normalized spacial score (nSPS) is 21.2. The molecule has 3 nitrogen and oxygen atoms in total. The lowest BCUT2D eigenvalue weighted by Gasteiger charge is -2.31. The molecule has 0 heterocycles. The Labute approximate surface area is 162 Å². The van der Waals surface area contributed by atoms with Gasteiger partial charge in [0, 0.05) is 20.7 Å². The Kier molecular flexibility index (Phi) is 6.25. The topological polar surface area (TPSA) is 46.2 Å². The van der Waals surface area contributed by atoms with E-state index in [0.717, 1.165) is 35.7 Å². The predicted octanol–water partition coefficient (Wildman–Crippen LogP) is 5.14. The van der Waals surface area contributed by atoms with Crippen molar-refractivity contribution in [3.63, 3.8) is 0 Å². The van der Waals surface area contributed by atoms with Crippen LogP contribution in [0.25, 0.3) is 0 Å². The highest BCUT2D eigenvalue weighted by Gasteiger charge is 2.30. The molecule has 2 atom stereocenters. The van der Waals surface area contributed by atoms with Crippen molar-refractivity contribution in [2.24, 2.45) is 0 Å². The van der Waals surface area contributed by atoms with Gasteiger partial charge in [0.2, 0.25) is 10.0 Å². The number of hydrogen-bond donors (Lipinski definition) is 1. The van der Waals surface area contributed by atoms with Crippen molar-refractivity contribution in [1.29, 1.82) is 0 Å². The van der Waals surface area contributed by atoms with Crippen molar-refractivity contribution in [2.45, 2.75) is 53.7 Å². The van der Waals surface area contributed by atoms with E-state index in [9.17, 15) is 8.42 Å². The van der Waals surface area contributed by atoms with Gasteiger partial charge in [0.05, 0.1) is 4.90 Å². The maximum absolute atomic E-state index is 12.7. The molecule has 1 aliphatic rings. The number of rotatable bonds is 5.